The van der Waals surface area contributed by atoms with Gasteiger partial charge in [-0.1, -0.05) is 12.1 Å². The predicted octanol–water partition coefficient (Wildman–Crippen LogP) is 1.76. The van der Waals surface area contributed by atoms with Gasteiger partial charge in [0.25, 0.3) is 0 Å². The molecule has 1 saturated heterocycles. The van der Waals surface area contributed by atoms with E-state index in [0.29, 0.717) is 13.2 Å². The fourth-order valence-corrected chi connectivity index (χ4v) is 2.08. The summed E-state index contributed by atoms with van der Waals surface area (Å²) < 4.78 is 16.4. The maximum absolute atomic E-state index is 5.86. The van der Waals surface area contributed by atoms with E-state index in [1.165, 1.54) is 5.56 Å². The topological polar surface area (TPSA) is 39.7 Å². The summed E-state index contributed by atoms with van der Waals surface area (Å²) in [7, 11) is 3.62. The van der Waals surface area contributed by atoms with Crippen molar-refractivity contribution >= 4 is 0 Å². The molecule has 2 atom stereocenters. The van der Waals surface area contributed by atoms with Crippen LogP contribution in [0.3, 0.4) is 0 Å². The Morgan fingerprint density at radius 1 is 1.50 bits per heavy atom. The van der Waals surface area contributed by atoms with Gasteiger partial charge < -0.3 is 19.5 Å². The van der Waals surface area contributed by atoms with Gasteiger partial charge in [0, 0.05) is 6.61 Å². The molecule has 4 nitrogen and oxygen atoms in total. The number of benzene rings is 1. The van der Waals surface area contributed by atoms with Gasteiger partial charge in [-0.25, -0.2) is 0 Å². The number of ether oxygens (including phenoxy) is 3. The standard InChI is InChI=1S/C14H21NO3/c1-15-14(10-18-13-6-7-17-9-13)11-4-3-5-12(8-11)16-2/h3-5,8,13-15H,6-7,9-10H2,1-2H3. The first-order valence-electron chi connectivity index (χ1n) is 6.34. The summed E-state index contributed by atoms with van der Waals surface area (Å²) in [6.07, 6.45) is 1.24. The number of likely N-dealkylation sites (N-methyl/N-ethyl adjacent to an activating group) is 1. The highest BCUT2D eigenvalue weighted by molar-refractivity contribution is 5.30. The van der Waals surface area contributed by atoms with Gasteiger partial charge in [0.05, 0.1) is 32.5 Å². The fraction of sp³-hybridized carbons (Fsp3) is 0.571. The lowest BCUT2D eigenvalue weighted by molar-refractivity contribution is 0.0308. The number of hydrogen-bond donors (Lipinski definition) is 1. The predicted molar refractivity (Wildman–Crippen MR) is 70.0 cm³/mol. The van der Waals surface area contributed by atoms with Crippen LogP contribution in [0.15, 0.2) is 24.3 Å². The highest BCUT2D eigenvalue weighted by atomic mass is 16.5. The van der Waals surface area contributed by atoms with Crippen molar-refractivity contribution in [3.63, 3.8) is 0 Å². The molecule has 0 aliphatic carbocycles. The zero-order valence-corrected chi connectivity index (χ0v) is 11.0. The third-order valence-electron chi connectivity index (χ3n) is 3.23. The van der Waals surface area contributed by atoms with Crippen molar-refractivity contribution in [2.75, 3.05) is 34.0 Å². The van der Waals surface area contributed by atoms with E-state index < -0.39 is 0 Å². The van der Waals surface area contributed by atoms with Crippen LogP contribution >= 0.6 is 0 Å². The monoisotopic (exact) mass is 251 g/mol. The maximum Gasteiger partial charge on any atom is 0.119 e. The van der Waals surface area contributed by atoms with Crippen molar-refractivity contribution < 1.29 is 14.2 Å². The molecule has 4 heteroatoms. The first-order valence-corrected chi connectivity index (χ1v) is 6.34. The average Bonchev–Trinajstić information content (AvgIpc) is 2.93. The van der Waals surface area contributed by atoms with Gasteiger partial charge >= 0.3 is 0 Å². The van der Waals surface area contributed by atoms with Crippen LogP contribution in [0.5, 0.6) is 5.75 Å². The molecule has 0 spiro atoms. The number of rotatable bonds is 6. The van der Waals surface area contributed by atoms with Crippen LogP contribution < -0.4 is 10.1 Å². The Hall–Kier alpha value is -1.10. The number of nitrogens with one attached hydrogen (secondary N) is 1. The Balaban J connectivity index is 1.93. The van der Waals surface area contributed by atoms with Crippen molar-refractivity contribution in [1.82, 2.24) is 5.32 Å². The van der Waals surface area contributed by atoms with Gasteiger partial charge in [-0.3, -0.25) is 0 Å². The summed E-state index contributed by atoms with van der Waals surface area (Å²) in [5, 5.41) is 3.27. The van der Waals surface area contributed by atoms with Gasteiger partial charge in [-0.05, 0) is 31.2 Å². The lowest BCUT2D eigenvalue weighted by Gasteiger charge is -2.19. The largest absolute Gasteiger partial charge is 0.497 e. The van der Waals surface area contributed by atoms with Crippen LogP contribution in [0, 0.1) is 0 Å². The molecule has 1 N–H and O–H groups in total. The molecule has 1 fully saturated rings. The lowest BCUT2D eigenvalue weighted by Crippen LogP contribution is -2.25. The van der Waals surface area contributed by atoms with Gasteiger partial charge in [-0.2, -0.15) is 0 Å². The summed E-state index contributed by atoms with van der Waals surface area (Å²) in [5.74, 6) is 0.872. The zero-order chi connectivity index (χ0) is 12.8. The van der Waals surface area contributed by atoms with Crippen LogP contribution in [0.1, 0.15) is 18.0 Å². The third kappa shape index (κ3) is 3.45. The van der Waals surface area contributed by atoms with Gasteiger partial charge in [0.15, 0.2) is 0 Å². The Labute approximate surface area is 108 Å². The van der Waals surface area contributed by atoms with E-state index in [-0.39, 0.29) is 12.1 Å². The van der Waals surface area contributed by atoms with Crippen LogP contribution in [-0.4, -0.2) is 40.1 Å². The average molecular weight is 251 g/mol. The molecule has 0 radical (unpaired) electrons. The number of hydrogen-bond acceptors (Lipinski definition) is 4. The SMILES string of the molecule is CNC(COC1CCOC1)c1cccc(OC)c1. The Kier molecular flexibility index (Phi) is 4.99. The molecule has 1 aliphatic rings. The molecule has 0 saturated carbocycles. The van der Waals surface area contributed by atoms with Crippen LogP contribution in [0.2, 0.25) is 0 Å². The van der Waals surface area contributed by atoms with E-state index >= 15 is 0 Å². The maximum atomic E-state index is 5.86. The first-order chi connectivity index (χ1) is 8.83. The minimum atomic E-state index is 0.181. The van der Waals surface area contributed by atoms with E-state index in [0.717, 1.165) is 18.8 Å². The second kappa shape index (κ2) is 6.73. The molecule has 0 amide bonds. The molecule has 1 aromatic rings. The molecule has 1 aromatic carbocycles. The van der Waals surface area contributed by atoms with E-state index in [1.54, 1.807) is 7.11 Å². The van der Waals surface area contributed by atoms with Crippen LogP contribution in [0.4, 0.5) is 0 Å². The Morgan fingerprint density at radius 3 is 3.06 bits per heavy atom. The number of methoxy groups -OCH3 is 1. The first kappa shape index (κ1) is 13.3. The van der Waals surface area contributed by atoms with Crippen molar-refractivity contribution in [1.29, 1.82) is 0 Å². The summed E-state index contributed by atoms with van der Waals surface area (Å²) >= 11 is 0. The van der Waals surface area contributed by atoms with E-state index in [9.17, 15) is 0 Å². The third-order valence-corrected chi connectivity index (χ3v) is 3.23. The van der Waals surface area contributed by atoms with Crippen molar-refractivity contribution in [2.24, 2.45) is 0 Å². The van der Waals surface area contributed by atoms with E-state index in [1.807, 2.05) is 25.2 Å². The summed E-state index contributed by atoms with van der Waals surface area (Å²) in [6, 6.07) is 8.24. The second-order valence-electron chi connectivity index (χ2n) is 4.44. The lowest BCUT2D eigenvalue weighted by atomic mass is 10.1. The van der Waals surface area contributed by atoms with Crippen molar-refractivity contribution in [3.05, 3.63) is 29.8 Å². The van der Waals surface area contributed by atoms with Crippen molar-refractivity contribution in [3.8, 4) is 5.75 Å². The molecule has 1 aliphatic heterocycles. The molecule has 18 heavy (non-hydrogen) atoms. The molecule has 0 aromatic heterocycles. The molecule has 1 heterocycles. The minimum Gasteiger partial charge on any atom is -0.497 e. The Morgan fingerprint density at radius 2 is 2.39 bits per heavy atom. The molecular weight excluding hydrogens is 230 g/mol. The Bertz CT molecular complexity index is 364. The highest BCUT2D eigenvalue weighted by Crippen LogP contribution is 2.20. The van der Waals surface area contributed by atoms with Gasteiger partial charge in [-0.15, -0.1) is 0 Å². The van der Waals surface area contributed by atoms with Crippen LogP contribution in [0.25, 0.3) is 0 Å². The highest BCUT2D eigenvalue weighted by Gasteiger charge is 2.18. The quantitative estimate of drug-likeness (QED) is 0.836. The summed E-state index contributed by atoms with van der Waals surface area (Å²) in [5.41, 5.74) is 1.18. The zero-order valence-electron chi connectivity index (χ0n) is 11.0. The molecule has 2 unspecified atom stereocenters. The molecule has 0 bridgehead atoms. The summed E-state index contributed by atoms with van der Waals surface area (Å²) in [6.45, 7) is 2.18. The van der Waals surface area contributed by atoms with Crippen molar-refractivity contribution in [2.45, 2.75) is 18.6 Å². The smallest absolute Gasteiger partial charge is 0.119 e. The molecule has 100 valence electrons. The van der Waals surface area contributed by atoms with Crippen LogP contribution in [-0.2, 0) is 9.47 Å². The minimum absolute atomic E-state index is 0.181. The van der Waals surface area contributed by atoms with E-state index in [2.05, 4.69) is 11.4 Å². The van der Waals surface area contributed by atoms with Gasteiger partial charge in [0.1, 0.15) is 5.75 Å². The summed E-state index contributed by atoms with van der Waals surface area (Å²) in [4.78, 5) is 0. The van der Waals surface area contributed by atoms with Gasteiger partial charge in [0.2, 0.25) is 0 Å². The second-order valence-corrected chi connectivity index (χ2v) is 4.44. The van der Waals surface area contributed by atoms with E-state index in [4.69, 9.17) is 14.2 Å². The normalized spacial score (nSPS) is 20.9. The fourth-order valence-electron chi connectivity index (χ4n) is 2.08. The molecule has 2 rings (SSSR count). The molecular formula is C14H21NO3.